The van der Waals surface area contributed by atoms with Crippen molar-refractivity contribution in [3.63, 3.8) is 0 Å². The first-order valence-electron chi connectivity index (χ1n) is 8.05. The molecule has 0 aliphatic carbocycles. The van der Waals surface area contributed by atoms with Crippen molar-refractivity contribution in [3.05, 3.63) is 24.3 Å². The van der Waals surface area contributed by atoms with Crippen molar-refractivity contribution in [2.45, 2.75) is 24.7 Å². The van der Waals surface area contributed by atoms with E-state index in [1.165, 1.54) is 16.3 Å². The number of hydrogen-bond donors (Lipinski definition) is 0. The van der Waals surface area contributed by atoms with Gasteiger partial charge in [-0.2, -0.15) is 4.31 Å². The molecule has 0 aromatic heterocycles. The Morgan fingerprint density at radius 2 is 1.83 bits per heavy atom. The Morgan fingerprint density at radius 1 is 1.12 bits per heavy atom. The molecule has 0 saturated carbocycles. The fourth-order valence-corrected chi connectivity index (χ4v) is 3.99. The van der Waals surface area contributed by atoms with Gasteiger partial charge in [0.05, 0.1) is 18.6 Å². The van der Waals surface area contributed by atoms with Crippen LogP contribution in [0.25, 0.3) is 0 Å². The molecule has 0 bridgehead atoms. The van der Waals surface area contributed by atoms with E-state index < -0.39 is 16.1 Å². The van der Waals surface area contributed by atoms with Gasteiger partial charge in [0.25, 0.3) is 0 Å². The highest BCUT2D eigenvalue weighted by molar-refractivity contribution is 7.89. The van der Waals surface area contributed by atoms with Crippen LogP contribution in [-0.2, 0) is 14.8 Å². The number of methoxy groups -OCH3 is 1. The van der Waals surface area contributed by atoms with Gasteiger partial charge >= 0.3 is 6.09 Å². The average Bonchev–Trinajstić information content (AvgIpc) is 2.86. The van der Waals surface area contributed by atoms with Crippen LogP contribution >= 0.6 is 0 Å². The van der Waals surface area contributed by atoms with Gasteiger partial charge in [-0.3, -0.25) is 0 Å². The molecule has 8 heteroatoms. The second-order valence-electron chi connectivity index (χ2n) is 5.53. The Bertz CT molecular complexity index is 645. The lowest BCUT2D eigenvalue weighted by Gasteiger charge is -2.21. The lowest BCUT2D eigenvalue weighted by atomic mass is 10.3. The first-order valence-corrected chi connectivity index (χ1v) is 9.49. The van der Waals surface area contributed by atoms with E-state index in [0.29, 0.717) is 38.4 Å². The maximum atomic E-state index is 12.8. The third kappa shape index (κ3) is 4.39. The largest absolute Gasteiger partial charge is 0.494 e. The number of nitrogens with zero attached hydrogens (tertiary/aromatic N) is 2. The zero-order valence-corrected chi connectivity index (χ0v) is 14.9. The van der Waals surface area contributed by atoms with Gasteiger partial charge in [0.1, 0.15) is 5.75 Å². The molecule has 24 heavy (non-hydrogen) atoms. The van der Waals surface area contributed by atoms with Crippen molar-refractivity contribution >= 4 is 16.1 Å². The van der Waals surface area contributed by atoms with Crippen LogP contribution in [0.1, 0.15) is 19.8 Å². The number of ether oxygens (including phenoxy) is 2. The van der Waals surface area contributed by atoms with Crippen LogP contribution in [0, 0.1) is 0 Å². The summed E-state index contributed by atoms with van der Waals surface area (Å²) in [5.74, 6) is 0.656. The molecule has 0 atom stereocenters. The summed E-state index contributed by atoms with van der Waals surface area (Å²) in [6.45, 7) is 4.05. The summed E-state index contributed by atoms with van der Waals surface area (Å²) < 4.78 is 37.1. The standard InChI is InChI=1S/C16H24N2O5S/c1-3-13-23-14-5-7-15(8-6-14)24(20,21)18-10-4-9-17(11-12-18)16(19)22-2/h5-8H,3-4,9-13H2,1-2H3. The second kappa shape index (κ2) is 8.34. The number of carbonyl (C=O) groups excluding carboxylic acids is 1. The minimum absolute atomic E-state index is 0.234. The Morgan fingerprint density at radius 3 is 2.46 bits per heavy atom. The molecule has 7 nitrogen and oxygen atoms in total. The monoisotopic (exact) mass is 356 g/mol. The van der Waals surface area contributed by atoms with Crippen LogP contribution < -0.4 is 4.74 Å². The van der Waals surface area contributed by atoms with Gasteiger partial charge in [0.15, 0.2) is 0 Å². The molecule has 2 rings (SSSR count). The zero-order valence-electron chi connectivity index (χ0n) is 14.1. The molecule has 134 valence electrons. The molecule has 1 heterocycles. The minimum Gasteiger partial charge on any atom is -0.494 e. The van der Waals surface area contributed by atoms with Crippen molar-refractivity contribution in [2.75, 3.05) is 39.9 Å². The van der Waals surface area contributed by atoms with Gasteiger partial charge < -0.3 is 14.4 Å². The topological polar surface area (TPSA) is 76.2 Å². The smallest absolute Gasteiger partial charge is 0.409 e. The molecule has 1 aliphatic rings. The number of sulfonamides is 1. The lowest BCUT2D eigenvalue weighted by Crippen LogP contribution is -2.37. The van der Waals surface area contributed by atoms with Crippen molar-refractivity contribution in [1.29, 1.82) is 0 Å². The number of rotatable bonds is 5. The predicted molar refractivity (Wildman–Crippen MR) is 89.6 cm³/mol. The molecule has 1 aromatic rings. The van der Waals surface area contributed by atoms with Gasteiger partial charge in [-0.05, 0) is 37.1 Å². The molecule has 1 amide bonds. The molecule has 1 aromatic carbocycles. The minimum atomic E-state index is -3.58. The molecule has 0 unspecified atom stereocenters. The lowest BCUT2D eigenvalue weighted by molar-refractivity contribution is 0.126. The van der Waals surface area contributed by atoms with Crippen LogP contribution in [0.4, 0.5) is 4.79 Å². The van der Waals surface area contributed by atoms with Gasteiger partial charge in [0.2, 0.25) is 10.0 Å². The molecule has 1 saturated heterocycles. The summed E-state index contributed by atoms with van der Waals surface area (Å²) in [7, 11) is -2.26. The highest BCUT2D eigenvalue weighted by Gasteiger charge is 2.28. The molecular weight excluding hydrogens is 332 g/mol. The SMILES string of the molecule is CCCOc1ccc(S(=O)(=O)N2CCCN(C(=O)OC)CC2)cc1. The number of carbonyl (C=O) groups is 1. The van der Waals surface area contributed by atoms with Gasteiger partial charge in [-0.15, -0.1) is 0 Å². The van der Waals surface area contributed by atoms with Crippen molar-refractivity contribution < 1.29 is 22.7 Å². The maximum Gasteiger partial charge on any atom is 0.409 e. The summed E-state index contributed by atoms with van der Waals surface area (Å²) in [6, 6.07) is 6.45. The van der Waals surface area contributed by atoms with E-state index in [1.807, 2.05) is 6.92 Å². The van der Waals surface area contributed by atoms with E-state index in [2.05, 4.69) is 0 Å². The Kier molecular flexibility index (Phi) is 6.44. The van der Waals surface area contributed by atoms with Crippen molar-refractivity contribution in [1.82, 2.24) is 9.21 Å². The first-order chi connectivity index (χ1) is 11.5. The molecular formula is C16H24N2O5S. The number of amides is 1. The number of benzene rings is 1. The Balaban J connectivity index is 2.08. The van der Waals surface area contributed by atoms with E-state index >= 15 is 0 Å². The van der Waals surface area contributed by atoms with Crippen molar-refractivity contribution in [2.24, 2.45) is 0 Å². The fourth-order valence-electron chi connectivity index (χ4n) is 2.52. The molecule has 0 radical (unpaired) electrons. The van der Waals surface area contributed by atoms with Crippen molar-refractivity contribution in [3.8, 4) is 5.75 Å². The molecule has 1 fully saturated rings. The predicted octanol–water partition coefficient (Wildman–Crippen LogP) is 1.94. The molecule has 1 aliphatic heterocycles. The normalized spacial score (nSPS) is 16.5. The fraction of sp³-hybridized carbons (Fsp3) is 0.562. The third-order valence-electron chi connectivity index (χ3n) is 3.82. The van der Waals surface area contributed by atoms with E-state index in [1.54, 1.807) is 24.3 Å². The summed E-state index contributed by atoms with van der Waals surface area (Å²) in [5, 5.41) is 0. The van der Waals surface area contributed by atoms with Crippen LogP contribution in [0.15, 0.2) is 29.2 Å². The summed E-state index contributed by atoms with van der Waals surface area (Å²) in [6.07, 6.45) is 1.04. The highest BCUT2D eigenvalue weighted by atomic mass is 32.2. The van der Waals surface area contributed by atoms with Crippen LogP contribution in [0.5, 0.6) is 5.75 Å². The molecule has 0 N–H and O–H groups in total. The zero-order chi connectivity index (χ0) is 17.6. The Hall–Kier alpha value is -1.80. The van der Waals surface area contributed by atoms with Crippen LogP contribution in [0.2, 0.25) is 0 Å². The second-order valence-corrected chi connectivity index (χ2v) is 7.47. The van der Waals surface area contributed by atoms with Crippen LogP contribution in [0.3, 0.4) is 0 Å². The average molecular weight is 356 g/mol. The van der Waals surface area contributed by atoms with E-state index in [4.69, 9.17) is 9.47 Å². The summed E-state index contributed by atoms with van der Waals surface area (Å²) in [4.78, 5) is 13.4. The Labute approximate surface area is 143 Å². The molecule has 0 spiro atoms. The third-order valence-corrected chi connectivity index (χ3v) is 5.73. The van der Waals surface area contributed by atoms with Gasteiger partial charge in [0, 0.05) is 26.2 Å². The van der Waals surface area contributed by atoms with E-state index in [9.17, 15) is 13.2 Å². The number of hydrogen-bond acceptors (Lipinski definition) is 5. The summed E-state index contributed by atoms with van der Waals surface area (Å²) >= 11 is 0. The first kappa shape index (κ1) is 18.5. The van der Waals surface area contributed by atoms with E-state index in [0.717, 1.165) is 6.42 Å². The van der Waals surface area contributed by atoms with E-state index in [-0.39, 0.29) is 11.4 Å². The summed E-state index contributed by atoms with van der Waals surface area (Å²) in [5.41, 5.74) is 0. The quantitative estimate of drug-likeness (QED) is 0.806. The van der Waals surface area contributed by atoms with Gasteiger partial charge in [-0.25, -0.2) is 13.2 Å². The maximum absolute atomic E-state index is 12.8. The van der Waals surface area contributed by atoms with Gasteiger partial charge in [-0.1, -0.05) is 6.92 Å². The van der Waals surface area contributed by atoms with Crippen LogP contribution in [-0.4, -0.2) is 63.6 Å². The highest BCUT2D eigenvalue weighted by Crippen LogP contribution is 2.21.